The summed E-state index contributed by atoms with van der Waals surface area (Å²) in [5.41, 5.74) is 5.53. The normalized spacial score (nSPS) is 15.4. The molecule has 0 rings (SSSR count). The van der Waals surface area contributed by atoms with Crippen molar-refractivity contribution < 1.29 is 21.6 Å². The first-order chi connectivity index (χ1) is 7.03. The molecule has 9 heteroatoms. The summed E-state index contributed by atoms with van der Waals surface area (Å²) in [7, 11) is -4.14. The summed E-state index contributed by atoms with van der Waals surface area (Å²) in [6.45, 7) is 1.86. The minimum Gasteiger partial charge on any atom is -0.326 e. The highest BCUT2D eigenvalue weighted by atomic mass is 32.2. The predicted octanol–water partition coefficient (Wildman–Crippen LogP) is -0.0440. The van der Waals surface area contributed by atoms with Crippen molar-refractivity contribution >= 4 is 10.2 Å². The van der Waals surface area contributed by atoms with Crippen LogP contribution < -0.4 is 15.2 Å². The average molecular weight is 263 g/mol. The lowest BCUT2D eigenvalue weighted by atomic mass is 10.1. The van der Waals surface area contributed by atoms with Crippen LogP contribution in [0.1, 0.15) is 13.8 Å². The highest BCUT2D eigenvalue weighted by Crippen LogP contribution is 2.12. The van der Waals surface area contributed by atoms with Gasteiger partial charge in [-0.2, -0.15) is 26.3 Å². The van der Waals surface area contributed by atoms with Crippen LogP contribution in [-0.4, -0.2) is 33.7 Å². The quantitative estimate of drug-likeness (QED) is 0.628. The fourth-order valence-corrected chi connectivity index (χ4v) is 1.54. The van der Waals surface area contributed by atoms with Gasteiger partial charge in [-0.15, -0.1) is 0 Å². The SMILES string of the molecule is CC(C)C(N)CNS(=O)(=O)NCC(F)(F)F. The molecule has 0 aliphatic rings. The molecule has 0 aromatic carbocycles. The lowest BCUT2D eigenvalue weighted by molar-refractivity contribution is -0.121. The Morgan fingerprint density at radius 3 is 2.12 bits per heavy atom. The van der Waals surface area contributed by atoms with Gasteiger partial charge in [-0.1, -0.05) is 13.8 Å². The summed E-state index contributed by atoms with van der Waals surface area (Å²) in [6, 6.07) is -0.442. The molecule has 0 aliphatic carbocycles. The van der Waals surface area contributed by atoms with E-state index in [1.807, 2.05) is 4.72 Å². The van der Waals surface area contributed by atoms with Crippen LogP contribution in [0, 0.1) is 5.92 Å². The molecule has 98 valence electrons. The van der Waals surface area contributed by atoms with Gasteiger partial charge in [0.05, 0.1) is 0 Å². The van der Waals surface area contributed by atoms with Crippen molar-refractivity contribution in [3.05, 3.63) is 0 Å². The largest absolute Gasteiger partial charge is 0.402 e. The Morgan fingerprint density at radius 2 is 1.75 bits per heavy atom. The smallest absolute Gasteiger partial charge is 0.326 e. The maximum absolute atomic E-state index is 11.7. The summed E-state index contributed by atoms with van der Waals surface area (Å²) in [5, 5.41) is 0. The number of hydrogen-bond donors (Lipinski definition) is 3. The fourth-order valence-electron chi connectivity index (χ4n) is 0.670. The van der Waals surface area contributed by atoms with Gasteiger partial charge in [0.1, 0.15) is 6.54 Å². The van der Waals surface area contributed by atoms with E-state index in [9.17, 15) is 21.6 Å². The highest BCUT2D eigenvalue weighted by Gasteiger charge is 2.29. The predicted molar refractivity (Wildman–Crippen MR) is 53.8 cm³/mol. The molecule has 0 radical (unpaired) electrons. The lowest BCUT2D eigenvalue weighted by Gasteiger charge is -2.16. The van der Waals surface area contributed by atoms with Crippen LogP contribution >= 0.6 is 0 Å². The molecule has 5 nitrogen and oxygen atoms in total. The molecule has 0 saturated carbocycles. The molecule has 0 saturated heterocycles. The van der Waals surface area contributed by atoms with E-state index in [-0.39, 0.29) is 12.5 Å². The van der Waals surface area contributed by atoms with Crippen LogP contribution in [0.4, 0.5) is 13.2 Å². The van der Waals surface area contributed by atoms with E-state index in [4.69, 9.17) is 5.73 Å². The number of halogens is 3. The van der Waals surface area contributed by atoms with Crippen molar-refractivity contribution in [3.63, 3.8) is 0 Å². The molecule has 16 heavy (non-hydrogen) atoms. The van der Waals surface area contributed by atoms with E-state index in [0.717, 1.165) is 0 Å². The number of rotatable bonds is 6. The summed E-state index contributed by atoms with van der Waals surface area (Å²) in [5.74, 6) is 0.0327. The van der Waals surface area contributed by atoms with Gasteiger partial charge in [0.25, 0.3) is 10.2 Å². The third-order valence-corrected chi connectivity index (χ3v) is 2.90. The second kappa shape index (κ2) is 5.80. The van der Waals surface area contributed by atoms with Gasteiger partial charge in [-0.3, -0.25) is 0 Å². The summed E-state index contributed by atoms with van der Waals surface area (Å²) in [4.78, 5) is 0. The molecule has 0 bridgehead atoms. The van der Waals surface area contributed by atoms with E-state index >= 15 is 0 Å². The monoisotopic (exact) mass is 263 g/mol. The fraction of sp³-hybridized carbons (Fsp3) is 1.00. The van der Waals surface area contributed by atoms with Gasteiger partial charge in [0, 0.05) is 12.6 Å². The molecule has 0 aromatic rings. The second-order valence-electron chi connectivity index (χ2n) is 3.70. The van der Waals surface area contributed by atoms with Crippen LogP contribution in [0.5, 0.6) is 0 Å². The van der Waals surface area contributed by atoms with Crippen molar-refractivity contribution in [1.82, 2.24) is 9.44 Å². The van der Waals surface area contributed by atoms with Gasteiger partial charge in [0.15, 0.2) is 0 Å². The first-order valence-corrected chi connectivity index (χ1v) is 6.08. The maximum Gasteiger partial charge on any atom is 0.402 e. The van der Waals surface area contributed by atoms with Crippen LogP contribution in [0.15, 0.2) is 0 Å². The molecule has 0 amide bonds. The van der Waals surface area contributed by atoms with Gasteiger partial charge < -0.3 is 5.73 Å². The molecular weight excluding hydrogens is 247 g/mol. The molecule has 4 N–H and O–H groups in total. The Labute approximate surface area is 92.8 Å². The first kappa shape index (κ1) is 15.6. The molecule has 1 atom stereocenters. The second-order valence-corrected chi connectivity index (χ2v) is 5.28. The van der Waals surface area contributed by atoms with Gasteiger partial charge in [-0.05, 0) is 5.92 Å². The highest BCUT2D eigenvalue weighted by molar-refractivity contribution is 7.87. The molecule has 0 fully saturated rings. The van der Waals surface area contributed by atoms with Crippen molar-refractivity contribution in [2.45, 2.75) is 26.1 Å². The van der Waals surface area contributed by atoms with Crippen LogP contribution in [0.2, 0.25) is 0 Å². The Hall–Kier alpha value is -0.380. The summed E-state index contributed by atoms with van der Waals surface area (Å²) >= 11 is 0. The standard InChI is InChI=1S/C7H16F3N3O2S/c1-5(2)6(11)3-12-16(14,15)13-4-7(8,9)10/h5-6,12-13H,3-4,11H2,1-2H3. The Morgan fingerprint density at radius 1 is 1.25 bits per heavy atom. The van der Waals surface area contributed by atoms with E-state index < -0.39 is 29.0 Å². The van der Waals surface area contributed by atoms with Crippen molar-refractivity contribution in [1.29, 1.82) is 0 Å². The topological polar surface area (TPSA) is 84.2 Å². The number of nitrogens with one attached hydrogen (secondary N) is 2. The van der Waals surface area contributed by atoms with Crippen LogP contribution in [-0.2, 0) is 10.2 Å². The Kier molecular flexibility index (Phi) is 5.66. The Balaban J connectivity index is 4.07. The number of hydrogen-bond acceptors (Lipinski definition) is 3. The van der Waals surface area contributed by atoms with Crippen molar-refractivity contribution in [3.8, 4) is 0 Å². The van der Waals surface area contributed by atoms with E-state index in [2.05, 4.69) is 0 Å². The molecule has 0 heterocycles. The van der Waals surface area contributed by atoms with Crippen LogP contribution in [0.25, 0.3) is 0 Å². The van der Waals surface area contributed by atoms with E-state index in [0.29, 0.717) is 0 Å². The minimum atomic E-state index is -4.57. The third-order valence-electron chi connectivity index (χ3n) is 1.83. The molecule has 0 aromatic heterocycles. The zero-order valence-corrected chi connectivity index (χ0v) is 9.82. The Bertz CT molecular complexity index is 302. The zero-order chi connectivity index (χ0) is 13.0. The van der Waals surface area contributed by atoms with Crippen LogP contribution in [0.3, 0.4) is 0 Å². The number of nitrogens with two attached hydrogens (primary N) is 1. The molecular formula is C7H16F3N3O2S. The molecule has 0 spiro atoms. The summed E-state index contributed by atoms with van der Waals surface area (Å²) in [6.07, 6.45) is -4.57. The number of alkyl halides is 3. The minimum absolute atomic E-state index is 0.0327. The van der Waals surface area contributed by atoms with Crippen molar-refractivity contribution in [2.24, 2.45) is 11.7 Å². The third kappa shape index (κ3) is 7.85. The lowest BCUT2D eigenvalue weighted by Crippen LogP contribution is -2.46. The van der Waals surface area contributed by atoms with Gasteiger partial charge >= 0.3 is 6.18 Å². The zero-order valence-electron chi connectivity index (χ0n) is 9.00. The summed E-state index contributed by atoms with van der Waals surface area (Å²) < 4.78 is 60.6. The average Bonchev–Trinajstić information content (AvgIpc) is 2.10. The molecule has 1 unspecified atom stereocenters. The molecule has 0 aliphatic heterocycles. The van der Waals surface area contributed by atoms with Gasteiger partial charge in [-0.25, -0.2) is 4.72 Å². The maximum atomic E-state index is 11.7. The van der Waals surface area contributed by atoms with E-state index in [1.165, 1.54) is 4.72 Å². The van der Waals surface area contributed by atoms with E-state index in [1.54, 1.807) is 13.8 Å². The van der Waals surface area contributed by atoms with Gasteiger partial charge in [0.2, 0.25) is 0 Å². The first-order valence-electron chi connectivity index (χ1n) is 4.60. The van der Waals surface area contributed by atoms with Crippen molar-refractivity contribution in [2.75, 3.05) is 13.1 Å².